The van der Waals surface area contributed by atoms with Crippen molar-refractivity contribution in [2.45, 2.75) is 39.7 Å². The fourth-order valence-electron chi connectivity index (χ4n) is 6.05. The third-order valence-corrected chi connectivity index (χ3v) is 8.41. The van der Waals surface area contributed by atoms with E-state index in [-0.39, 0.29) is 23.8 Å². The molecule has 232 valence electrons. The molecule has 0 aliphatic carbocycles. The molecule has 9 nitrogen and oxygen atoms in total. The Labute approximate surface area is 267 Å². The van der Waals surface area contributed by atoms with Crippen LogP contribution in [0.1, 0.15) is 36.1 Å². The molecule has 1 atom stereocenters. The number of fused-ring (bicyclic) bond motifs is 1. The highest BCUT2D eigenvalue weighted by Gasteiger charge is 2.35. The minimum absolute atomic E-state index is 0.0605. The topological polar surface area (TPSA) is 107 Å². The summed E-state index contributed by atoms with van der Waals surface area (Å²) in [5.74, 6) is 0.969. The number of methoxy groups -OCH3 is 2. The quantitative estimate of drug-likeness (QED) is 0.176. The standard InChI is InChI=1S/C37H34N4O5/c1-22-15-26(18-27-16-23(2)46-35(22)27)34-28(21-41(39-34)29-9-7-6-8-10-29)19-30-24(3)31(20-38)37(43)40(36(30)42)14-13-25-11-12-32(44-4)33(17-25)45-5/h6-12,15,17-19,21,23H,13-14,16H2,1-5H3. The molecule has 0 radical (unpaired) electrons. The maximum atomic E-state index is 14.0. The summed E-state index contributed by atoms with van der Waals surface area (Å²) >= 11 is 0. The van der Waals surface area contributed by atoms with Crippen LogP contribution >= 0.6 is 0 Å². The Morgan fingerprint density at radius 2 is 1.78 bits per heavy atom. The fourth-order valence-corrected chi connectivity index (χ4v) is 6.05. The van der Waals surface area contributed by atoms with Crippen LogP contribution in [0.3, 0.4) is 0 Å². The molecule has 2 aliphatic heterocycles. The van der Waals surface area contributed by atoms with Crippen molar-refractivity contribution in [2.24, 2.45) is 0 Å². The number of carbonyl (C=O) groups excluding carboxylic acids is 2. The molecule has 9 heteroatoms. The first-order chi connectivity index (χ1) is 22.2. The summed E-state index contributed by atoms with van der Waals surface area (Å²) in [7, 11) is 3.11. The SMILES string of the molecule is COc1ccc(CCN2C(=O)C(=Cc3cn(-c4ccccc4)nc3-c3cc(C)c4c(c3)CC(C)O4)C(C)=C(C#N)C2=O)cc1OC. The summed E-state index contributed by atoms with van der Waals surface area (Å²) in [4.78, 5) is 28.6. The van der Waals surface area contributed by atoms with E-state index < -0.39 is 11.8 Å². The molecule has 0 bridgehead atoms. The van der Waals surface area contributed by atoms with Crippen LogP contribution in [0.4, 0.5) is 0 Å². The highest BCUT2D eigenvalue weighted by Crippen LogP contribution is 2.38. The zero-order chi connectivity index (χ0) is 32.5. The average molecular weight is 615 g/mol. The second-order valence-electron chi connectivity index (χ2n) is 11.5. The van der Waals surface area contributed by atoms with Gasteiger partial charge in [-0.3, -0.25) is 14.5 Å². The number of hydrogen-bond acceptors (Lipinski definition) is 7. The van der Waals surface area contributed by atoms with Gasteiger partial charge in [-0.1, -0.05) is 24.3 Å². The van der Waals surface area contributed by atoms with Gasteiger partial charge in [-0.25, -0.2) is 4.68 Å². The van der Waals surface area contributed by atoms with Gasteiger partial charge in [0.2, 0.25) is 0 Å². The first kappa shape index (κ1) is 30.4. The fraction of sp³-hybridized carbons (Fsp3) is 0.243. The van der Waals surface area contributed by atoms with Gasteiger partial charge in [0.05, 0.1) is 25.6 Å². The molecular formula is C37H34N4O5. The second kappa shape index (κ2) is 12.4. The molecule has 0 spiro atoms. The van der Waals surface area contributed by atoms with Gasteiger partial charge in [-0.05, 0) is 91.9 Å². The van der Waals surface area contributed by atoms with Crippen molar-refractivity contribution in [3.05, 3.63) is 106 Å². The molecule has 3 heterocycles. The Balaban J connectivity index is 1.42. The summed E-state index contributed by atoms with van der Waals surface area (Å²) in [5.41, 5.74) is 6.63. The Bertz CT molecular complexity index is 1970. The zero-order valence-corrected chi connectivity index (χ0v) is 26.5. The van der Waals surface area contributed by atoms with Gasteiger partial charge in [0, 0.05) is 35.9 Å². The molecule has 0 N–H and O–H groups in total. The van der Waals surface area contributed by atoms with Crippen LogP contribution in [0, 0.1) is 18.3 Å². The Morgan fingerprint density at radius 1 is 1.02 bits per heavy atom. The van der Waals surface area contributed by atoms with E-state index in [2.05, 4.69) is 6.07 Å². The van der Waals surface area contributed by atoms with Crippen LogP contribution in [0.15, 0.2) is 83.6 Å². The van der Waals surface area contributed by atoms with Gasteiger partial charge in [0.25, 0.3) is 11.8 Å². The number of aryl methyl sites for hydroxylation is 1. The number of amides is 2. The number of carbonyl (C=O) groups is 2. The zero-order valence-electron chi connectivity index (χ0n) is 26.5. The van der Waals surface area contributed by atoms with Crippen LogP contribution in [-0.4, -0.2) is 53.4 Å². The van der Waals surface area contributed by atoms with Crippen LogP contribution < -0.4 is 14.2 Å². The lowest BCUT2D eigenvalue weighted by molar-refractivity contribution is -0.140. The molecule has 2 amide bonds. The highest BCUT2D eigenvalue weighted by atomic mass is 16.5. The van der Waals surface area contributed by atoms with E-state index in [1.807, 2.05) is 74.6 Å². The number of para-hydroxylation sites is 1. The Hall–Kier alpha value is -5.62. The molecule has 46 heavy (non-hydrogen) atoms. The van der Waals surface area contributed by atoms with Crippen LogP contribution in [0.2, 0.25) is 0 Å². The first-order valence-corrected chi connectivity index (χ1v) is 15.1. The number of nitrogens with zero attached hydrogens (tertiary/aromatic N) is 4. The molecule has 1 unspecified atom stereocenters. The monoisotopic (exact) mass is 614 g/mol. The number of nitriles is 1. The minimum atomic E-state index is -0.605. The van der Waals surface area contributed by atoms with Crippen molar-refractivity contribution >= 4 is 17.9 Å². The molecule has 3 aromatic carbocycles. The van der Waals surface area contributed by atoms with Gasteiger partial charge in [0.1, 0.15) is 23.5 Å². The molecule has 2 aliphatic rings. The third-order valence-electron chi connectivity index (χ3n) is 8.41. The highest BCUT2D eigenvalue weighted by molar-refractivity contribution is 6.19. The molecule has 1 aromatic heterocycles. The second-order valence-corrected chi connectivity index (χ2v) is 11.5. The number of aromatic nitrogens is 2. The van der Waals surface area contributed by atoms with E-state index in [4.69, 9.17) is 19.3 Å². The van der Waals surface area contributed by atoms with Gasteiger partial charge >= 0.3 is 0 Å². The van der Waals surface area contributed by atoms with E-state index in [0.29, 0.717) is 34.8 Å². The average Bonchev–Trinajstić information content (AvgIpc) is 3.66. The Morgan fingerprint density at radius 3 is 2.50 bits per heavy atom. The predicted molar refractivity (Wildman–Crippen MR) is 174 cm³/mol. The summed E-state index contributed by atoms with van der Waals surface area (Å²) in [6.07, 6.45) is 4.87. The molecule has 0 saturated heterocycles. The van der Waals surface area contributed by atoms with Crippen molar-refractivity contribution in [1.29, 1.82) is 5.26 Å². The van der Waals surface area contributed by atoms with Crippen molar-refractivity contribution in [2.75, 3.05) is 20.8 Å². The molecule has 0 fully saturated rings. The normalized spacial score (nSPS) is 16.8. The molecule has 0 saturated carbocycles. The van der Waals surface area contributed by atoms with E-state index >= 15 is 0 Å². The number of imide groups is 1. The minimum Gasteiger partial charge on any atom is -0.493 e. The van der Waals surface area contributed by atoms with Gasteiger partial charge in [0.15, 0.2) is 11.5 Å². The summed E-state index contributed by atoms with van der Waals surface area (Å²) in [6.45, 7) is 5.80. The van der Waals surface area contributed by atoms with E-state index in [0.717, 1.165) is 45.0 Å². The predicted octanol–water partition coefficient (Wildman–Crippen LogP) is 6.02. The van der Waals surface area contributed by atoms with E-state index in [1.165, 1.54) is 0 Å². The van der Waals surface area contributed by atoms with E-state index in [9.17, 15) is 14.9 Å². The lowest BCUT2D eigenvalue weighted by Crippen LogP contribution is -2.43. The van der Waals surface area contributed by atoms with Crippen molar-refractivity contribution in [3.63, 3.8) is 0 Å². The van der Waals surface area contributed by atoms with Crippen LogP contribution in [0.25, 0.3) is 23.0 Å². The van der Waals surface area contributed by atoms with Gasteiger partial charge < -0.3 is 14.2 Å². The Kier molecular flexibility index (Phi) is 8.20. The van der Waals surface area contributed by atoms with Crippen LogP contribution in [0.5, 0.6) is 17.2 Å². The third kappa shape index (κ3) is 5.54. The van der Waals surface area contributed by atoms with Gasteiger partial charge in [-0.15, -0.1) is 0 Å². The lowest BCUT2D eigenvalue weighted by atomic mass is 9.92. The van der Waals surface area contributed by atoms with Crippen molar-refractivity contribution in [1.82, 2.24) is 14.7 Å². The van der Waals surface area contributed by atoms with E-state index in [1.54, 1.807) is 38.0 Å². The molecule has 4 aromatic rings. The number of benzene rings is 3. The maximum Gasteiger partial charge on any atom is 0.271 e. The summed E-state index contributed by atoms with van der Waals surface area (Å²) in [5, 5.41) is 15.0. The summed E-state index contributed by atoms with van der Waals surface area (Å²) in [6, 6.07) is 21.4. The van der Waals surface area contributed by atoms with Crippen molar-refractivity contribution in [3.8, 4) is 40.3 Å². The number of rotatable bonds is 8. The largest absolute Gasteiger partial charge is 0.493 e. The molecular weight excluding hydrogens is 580 g/mol. The smallest absolute Gasteiger partial charge is 0.271 e. The summed E-state index contributed by atoms with van der Waals surface area (Å²) < 4.78 is 18.6. The van der Waals surface area contributed by atoms with Crippen LogP contribution in [-0.2, 0) is 22.4 Å². The number of hydrogen-bond donors (Lipinski definition) is 0. The maximum absolute atomic E-state index is 14.0. The molecule has 6 rings (SSSR count). The number of ether oxygens (including phenoxy) is 3. The van der Waals surface area contributed by atoms with Crippen molar-refractivity contribution < 1.29 is 23.8 Å². The van der Waals surface area contributed by atoms with Gasteiger partial charge in [-0.2, -0.15) is 10.4 Å². The lowest BCUT2D eigenvalue weighted by Gasteiger charge is -2.27. The first-order valence-electron chi connectivity index (χ1n) is 15.1.